The molecule has 0 aliphatic heterocycles. The average molecular weight is 391 g/mol. The van der Waals surface area contributed by atoms with Crippen LogP contribution in [0.15, 0.2) is 60.7 Å². The van der Waals surface area contributed by atoms with Gasteiger partial charge in [0, 0.05) is 0 Å². The first-order valence-electron chi connectivity index (χ1n) is 10.9. The molecule has 1 saturated carbocycles. The number of benzene rings is 3. The fraction of sp³-hybridized carbons (Fsp3) is 0.407. The van der Waals surface area contributed by atoms with Crippen LogP contribution in [0, 0.1) is 11.7 Å². The minimum atomic E-state index is -0.233. The Morgan fingerprint density at radius 2 is 1.76 bits per heavy atom. The molecular weight excluding hydrogens is 359 g/mol. The van der Waals surface area contributed by atoms with Gasteiger partial charge in [-0.3, -0.25) is 0 Å². The number of rotatable bonds is 6. The summed E-state index contributed by atoms with van der Waals surface area (Å²) in [6.45, 7) is 6.20. The zero-order valence-corrected chi connectivity index (χ0v) is 17.7. The van der Waals surface area contributed by atoms with E-state index in [1.807, 2.05) is 13.8 Å². The average Bonchev–Trinajstić information content (AvgIpc) is 3.17. The maximum Gasteiger partial charge on any atom is 0.165 e. The van der Waals surface area contributed by atoms with Crippen LogP contribution in [0.5, 0.6) is 5.75 Å². The number of hydrogen-bond donors (Lipinski definition) is 0. The number of fused-ring (bicyclic) bond motifs is 1. The Kier molecular flexibility index (Phi) is 5.89. The molecule has 0 radical (unpaired) electrons. The van der Waals surface area contributed by atoms with E-state index in [-0.39, 0.29) is 11.9 Å². The van der Waals surface area contributed by atoms with E-state index in [1.165, 1.54) is 29.2 Å². The number of halogens is 1. The van der Waals surface area contributed by atoms with Gasteiger partial charge < -0.3 is 4.74 Å². The van der Waals surface area contributed by atoms with Crippen LogP contribution in [-0.2, 0) is 0 Å². The van der Waals surface area contributed by atoms with Crippen LogP contribution in [-0.4, -0.2) is 6.10 Å². The second kappa shape index (κ2) is 8.57. The highest BCUT2D eigenvalue weighted by Crippen LogP contribution is 2.43. The van der Waals surface area contributed by atoms with Gasteiger partial charge in [-0.05, 0) is 91.3 Å². The predicted octanol–water partition coefficient (Wildman–Crippen LogP) is 7.84. The van der Waals surface area contributed by atoms with Gasteiger partial charge in [-0.25, -0.2) is 4.39 Å². The molecule has 0 bridgehead atoms. The van der Waals surface area contributed by atoms with Crippen molar-refractivity contribution in [2.24, 2.45) is 5.92 Å². The molecule has 2 heteroatoms. The van der Waals surface area contributed by atoms with Crippen molar-refractivity contribution >= 4 is 10.8 Å². The van der Waals surface area contributed by atoms with Crippen LogP contribution in [0.1, 0.15) is 69.4 Å². The highest BCUT2D eigenvalue weighted by atomic mass is 19.1. The van der Waals surface area contributed by atoms with E-state index in [4.69, 9.17) is 4.74 Å². The first-order chi connectivity index (χ1) is 14.0. The zero-order chi connectivity index (χ0) is 20.4. The topological polar surface area (TPSA) is 9.23 Å². The monoisotopic (exact) mass is 390 g/mol. The van der Waals surface area contributed by atoms with Gasteiger partial charge in [-0.1, -0.05) is 55.5 Å². The minimum absolute atomic E-state index is 0.0123. The van der Waals surface area contributed by atoms with Crippen molar-refractivity contribution in [2.45, 2.75) is 64.4 Å². The molecule has 1 fully saturated rings. The Bertz CT molecular complexity index is 972. The lowest BCUT2D eigenvalue weighted by molar-refractivity contribution is 0.231. The maximum absolute atomic E-state index is 14.4. The van der Waals surface area contributed by atoms with Crippen molar-refractivity contribution in [3.63, 3.8) is 0 Å². The maximum atomic E-state index is 14.4. The van der Waals surface area contributed by atoms with Crippen molar-refractivity contribution in [3.05, 3.63) is 77.6 Å². The molecule has 1 aliphatic carbocycles. The van der Waals surface area contributed by atoms with Crippen LogP contribution in [0.4, 0.5) is 4.39 Å². The molecular formula is C27H31FO. The molecule has 1 nitrogen and oxygen atoms in total. The number of hydrogen-bond acceptors (Lipinski definition) is 1. The summed E-state index contributed by atoms with van der Waals surface area (Å²) in [7, 11) is 0. The molecule has 0 saturated heterocycles. The third-order valence-electron chi connectivity index (χ3n) is 6.37. The van der Waals surface area contributed by atoms with E-state index >= 15 is 0 Å². The molecule has 0 heterocycles. The fourth-order valence-electron chi connectivity index (χ4n) is 5.02. The van der Waals surface area contributed by atoms with Gasteiger partial charge in [-0.15, -0.1) is 0 Å². The molecule has 3 atom stereocenters. The van der Waals surface area contributed by atoms with Crippen LogP contribution in [0.2, 0.25) is 0 Å². The Balaban J connectivity index is 1.43. The summed E-state index contributed by atoms with van der Waals surface area (Å²) in [4.78, 5) is 0. The molecule has 152 valence electrons. The molecule has 4 rings (SSSR count). The predicted molar refractivity (Wildman–Crippen MR) is 119 cm³/mol. The molecule has 0 amide bonds. The molecule has 0 aromatic heterocycles. The summed E-state index contributed by atoms with van der Waals surface area (Å²) in [6.07, 6.45) is 4.71. The lowest BCUT2D eigenvalue weighted by Crippen LogP contribution is -2.07. The van der Waals surface area contributed by atoms with E-state index in [0.717, 1.165) is 18.4 Å². The first kappa shape index (κ1) is 19.9. The van der Waals surface area contributed by atoms with E-state index in [0.29, 0.717) is 23.5 Å². The fourth-order valence-corrected chi connectivity index (χ4v) is 5.02. The van der Waals surface area contributed by atoms with Gasteiger partial charge in [0.1, 0.15) is 0 Å². The van der Waals surface area contributed by atoms with Gasteiger partial charge in [0.2, 0.25) is 0 Å². The van der Waals surface area contributed by atoms with E-state index in [9.17, 15) is 4.39 Å². The van der Waals surface area contributed by atoms with Crippen molar-refractivity contribution in [1.29, 1.82) is 0 Å². The SMILES string of the molecule is CC(C)Oc1ccc([C@@H]2CC[C@H](C[C@H](C)c3cccc4ccccc34)C2)cc1F. The second-order valence-corrected chi connectivity index (χ2v) is 8.94. The Hall–Kier alpha value is -2.35. The van der Waals surface area contributed by atoms with Crippen molar-refractivity contribution in [3.8, 4) is 5.75 Å². The van der Waals surface area contributed by atoms with Crippen LogP contribution >= 0.6 is 0 Å². The second-order valence-electron chi connectivity index (χ2n) is 8.94. The molecule has 0 unspecified atom stereocenters. The van der Waals surface area contributed by atoms with Gasteiger partial charge >= 0.3 is 0 Å². The molecule has 1 aliphatic rings. The highest BCUT2D eigenvalue weighted by Gasteiger charge is 2.28. The first-order valence-corrected chi connectivity index (χ1v) is 10.9. The lowest BCUT2D eigenvalue weighted by Gasteiger charge is -2.19. The summed E-state index contributed by atoms with van der Waals surface area (Å²) in [5.41, 5.74) is 2.58. The zero-order valence-electron chi connectivity index (χ0n) is 17.7. The van der Waals surface area contributed by atoms with Gasteiger partial charge in [0.05, 0.1) is 6.10 Å². The van der Waals surface area contributed by atoms with E-state index < -0.39 is 0 Å². The van der Waals surface area contributed by atoms with Gasteiger partial charge in [0.15, 0.2) is 11.6 Å². The Morgan fingerprint density at radius 3 is 2.55 bits per heavy atom. The summed E-state index contributed by atoms with van der Waals surface area (Å²) in [6, 6.07) is 20.9. The third-order valence-corrected chi connectivity index (χ3v) is 6.37. The molecule has 3 aromatic carbocycles. The summed E-state index contributed by atoms with van der Waals surface area (Å²) < 4.78 is 20.0. The molecule has 29 heavy (non-hydrogen) atoms. The summed E-state index contributed by atoms with van der Waals surface area (Å²) >= 11 is 0. The largest absolute Gasteiger partial charge is 0.488 e. The Labute approximate surface area is 173 Å². The minimum Gasteiger partial charge on any atom is -0.488 e. The van der Waals surface area contributed by atoms with Crippen molar-refractivity contribution in [2.75, 3.05) is 0 Å². The van der Waals surface area contributed by atoms with E-state index in [1.54, 1.807) is 12.1 Å². The summed E-state index contributed by atoms with van der Waals surface area (Å²) in [5.74, 6) is 1.82. The Morgan fingerprint density at radius 1 is 0.966 bits per heavy atom. The third kappa shape index (κ3) is 4.47. The lowest BCUT2D eigenvalue weighted by atomic mass is 9.86. The van der Waals surface area contributed by atoms with Crippen LogP contribution in [0.3, 0.4) is 0 Å². The van der Waals surface area contributed by atoms with Crippen LogP contribution < -0.4 is 4.74 Å². The summed E-state index contributed by atoms with van der Waals surface area (Å²) in [5, 5.41) is 2.69. The van der Waals surface area contributed by atoms with Gasteiger partial charge in [-0.2, -0.15) is 0 Å². The normalized spacial score (nSPS) is 20.3. The highest BCUT2D eigenvalue weighted by molar-refractivity contribution is 5.86. The molecule has 0 spiro atoms. The van der Waals surface area contributed by atoms with Crippen molar-refractivity contribution in [1.82, 2.24) is 0 Å². The quantitative estimate of drug-likeness (QED) is 0.416. The van der Waals surface area contributed by atoms with Crippen molar-refractivity contribution < 1.29 is 9.13 Å². The molecule has 3 aromatic rings. The molecule has 0 N–H and O–H groups in total. The number of ether oxygens (including phenoxy) is 1. The van der Waals surface area contributed by atoms with Gasteiger partial charge in [0.25, 0.3) is 0 Å². The smallest absolute Gasteiger partial charge is 0.165 e. The van der Waals surface area contributed by atoms with E-state index in [2.05, 4.69) is 55.5 Å². The standard InChI is InChI=1S/C27H31FO/c1-18(2)29-27-14-13-23(17-26(27)28)22-12-11-20(16-22)15-19(3)24-10-6-8-21-7-4-5-9-25(21)24/h4-10,13-14,17-20,22H,11-12,15-16H2,1-3H3/t19-,20+,22+/m0/s1. The van der Waals surface area contributed by atoms with Crippen LogP contribution in [0.25, 0.3) is 10.8 Å².